The van der Waals surface area contributed by atoms with Crippen LogP contribution in [0.3, 0.4) is 0 Å². The smallest absolute Gasteiger partial charge is 0.234 e. The normalized spacial score (nSPS) is 17.5. The van der Waals surface area contributed by atoms with Gasteiger partial charge in [0.1, 0.15) is 0 Å². The quantitative estimate of drug-likeness (QED) is 0.876. The third-order valence-electron chi connectivity index (χ3n) is 5.20. The molecular weight excluding hydrogens is 310 g/mol. The second kappa shape index (κ2) is 7.87. The zero-order valence-corrected chi connectivity index (χ0v) is 15.5. The summed E-state index contributed by atoms with van der Waals surface area (Å²) in [6, 6.07) is 13.2. The van der Waals surface area contributed by atoms with Crippen LogP contribution in [0.25, 0.3) is 0 Å². The van der Waals surface area contributed by atoms with Crippen LogP contribution >= 0.6 is 0 Å². The van der Waals surface area contributed by atoms with E-state index in [0.717, 1.165) is 19.5 Å². The van der Waals surface area contributed by atoms with Gasteiger partial charge in [0.25, 0.3) is 0 Å². The molecule has 1 aromatic carbocycles. The number of carbonyl (C=O) groups excluding carboxylic acids is 1. The highest BCUT2D eigenvalue weighted by Gasteiger charge is 2.24. The topological polar surface area (TPSA) is 37.3 Å². The van der Waals surface area contributed by atoms with Gasteiger partial charge in [-0.1, -0.05) is 38.1 Å². The third-order valence-corrected chi connectivity index (χ3v) is 5.20. The standard InChI is InChI=1S/C21H29N3O/c1-16(2)19-8-6-18(7-9-19)10-11-22-21(25)15-24-14-13-23-12-4-5-20(23)17(24)3/h4-9,12,16-17H,10-11,13-15H2,1-3H3,(H,22,25)/t17-/m1/s1. The summed E-state index contributed by atoms with van der Waals surface area (Å²) in [5.74, 6) is 0.673. The number of nitrogens with zero attached hydrogens (tertiary/aromatic N) is 2. The summed E-state index contributed by atoms with van der Waals surface area (Å²) >= 11 is 0. The van der Waals surface area contributed by atoms with E-state index in [4.69, 9.17) is 0 Å². The van der Waals surface area contributed by atoms with Crippen molar-refractivity contribution in [3.63, 3.8) is 0 Å². The first-order chi connectivity index (χ1) is 12.0. The Morgan fingerprint density at radius 3 is 2.68 bits per heavy atom. The number of nitrogens with one attached hydrogen (secondary N) is 1. The molecule has 2 aromatic rings. The SMILES string of the molecule is CC(C)c1ccc(CCNC(=O)CN2CCn3cccc3[C@H]2C)cc1. The van der Waals surface area contributed by atoms with E-state index in [-0.39, 0.29) is 11.9 Å². The van der Waals surface area contributed by atoms with E-state index in [1.807, 2.05) is 0 Å². The van der Waals surface area contributed by atoms with Gasteiger partial charge in [-0.2, -0.15) is 0 Å². The highest BCUT2D eigenvalue weighted by Crippen LogP contribution is 2.24. The highest BCUT2D eigenvalue weighted by molar-refractivity contribution is 5.78. The van der Waals surface area contributed by atoms with Gasteiger partial charge in [-0.15, -0.1) is 0 Å². The average molecular weight is 339 g/mol. The van der Waals surface area contributed by atoms with Gasteiger partial charge in [-0.3, -0.25) is 9.69 Å². The van der Waals surface area contributed by atoms with Crippen LogP contribution in [0.15, 0.2) is 42.6 Å². The molecule has 4 nitrogen and oxygen atoms in total. The van der Waals surface area contributed by atoms with Gasteiger partial charge in [0.2, 0.25) is 5.91 Å². The molecule has 0 unspecified atom stereocenters. The summed E-state index contributed by atoms with van der Waals surface area (Å²) < 4.78 is 2.28. The summed E-state index contributed by atoms with van der Waals surface area (Å²) in [5, 5.41) is 3.07. The van der Waals surface area contributed by atoms with Crippen molar-refractivity contribution < 1.29 is 4.79 Å². The summed E-state index contributed by atoms with van der Waals surface area (Å²) in [6.45, 7) is 9.63. The minimum Gasteiger partial charge on any atom is -0.355 e. The Hall–Kier alpha value is -2.07. The first kappa shape index (κ1) is 17.7. The number of hydrogen-bond donors (Lipinski definition) is 1. The van der Waals surface area contributed by atoms with Gasteiger partial charge in [0, 0.05) is 37.6 Å². The predicted octanol–water partition coefficient (Wildman–Crippen LogP) is 3.35. The monoisotopic (exact) mass is 339 g/mol. The number of amides is 1. The number of fused-ring (bicyclic) bond motifs is 1. The molecule has 0 saturated carbocycles. The van der Waals surface area contributed by atoms with E-state index >= 15 is 0 Å². The van der Waals surface area contributed by atoms with Crippen molar-refractivity contribution in [3.05, 3.63) is 59.4 Å². The Balaban J connectivity index is 1.44. The van der Waals surface area contributed by atoms with Crippen LogP contribution in [0.4, 0.5) is 0 Å². The summed E-state index contributed by atoms with van der Waals surface area (Å²) in [6.07, 6.45) is 3.00. The Labute approximate surface area is 150 Å². The van der Waals surface area contributed by atoms with Crippen molar-refractivity contribution in [3.8, 4) is 0 Å². The van der Waals surface area contributed by atoms with Crippen LogP contribution < -0.4 is 5.32 Å². The van der Waals surface area contributed by atoms with E-state index in [1.165, 1.54) is 16.8 Å². The molecule has 25 heavy (non-hydrogen) atoms. The molecule has 4 heteroatoms. The van der Waals surface area contributed by atoms with E-state index in [2.05, 4.69) is 78.2 Å². The van der Waals surface area contributed by atoms with Crippen LogP contribution in [0, 0.1) is 0 Å². The Morgan fingerprint density at radius 2 is 1.96 bits per heavy atom. The van der Waals surface area contributed by atoms with E-state index in [9.17, 15) is 4.79 Å². The second-order valence-corrected chi connectivity index (χ2v) is 7.27. The van der Waals surface area contributed by atoms with E-state index in [0.29, 0.717) is 19.0 Å². The molecule has 2 heterocycles. The van der Waals surface area contributed by atoms with Crippen molar-refractivity contribution in [1.29, 1.82) is 0 Å². The van der Waals surface area contributed by atoms with Crippen LogP contribution in [0.1, 0.15) is 49.6 Å². The highest BCUT2D eigenvalue weighted by atomic mass is 16.2. The van der Waals surface area contributed by atoms with Crippen LogP contribution in [-0.4, -0.2) is 35.0 Å². The van der Waals surface area contributed by atoms with Crippen molar-refractivity contribution >= 4 is 5.91 Å². The molecule has 0 radical (unpaired) electrons. The molecular formula is C21H29N3O. The van der Waals surface area contributed by atoms with Crippen molar-refractivity contribution in [1.82, 2.24) is 14.8 Å². The molecule has 1 aromatic heterocycles. The number of carbonyl (C=O) groups is 1. The summed E-state index contributed by atoms with van der Waals surface area (Å²) in [5.41, 5.74) is 3.93. The number of hydrogen-bond acceptors (Lipinski definition) is 2. The van der Waals surface area contributed by atoms with Gasteiger partial charge >= 0.3 is 0 Å². The lowest BCUT2D eigenvalue weighted by Crippen LogP contribution is -2.43. The van der Waals surface area contributed by atoms with Crippen LogP contribution in [0.2, 0.25) is 0 Å². The molecule has 1 atom stereocenters. The maximum Gasteiger partial charge on any atom is 0.234 e. The molecule has 1 aliphatic rings. The molecule has 0 fully saturated rings. The van der Waals surface area contributed by atoms with Gasteiger partial charge in [0.05, 0.1) is 6.54 Å². The lowest BCUT2D eigenvalue weighted by molar-refractivity contribution is -0.123. The molecule has 0 aliphatic carbocycles. The maximum atomic E-state index is 12.3. The van der Waals surface area contributed by atoms with E-state index < -0.39 is 0 Å². The van der Waals surface area contributed by atoms with Gasteiger partial charge in [-0.05, 0) is 42.5 Å². The lowest BCUT2D eigenvalue weighted by Gasteiger charge is -2.34. The van der Waals surface area contributed by atoms with Crippen LogP contribution in [0.5, 0.6) is 0 Å². The largest absolute Gasteiger partial charge is 0.355 e. The van der Waals surface area contributed by atoms with Gasteiger partial charge in [0.15, 0.2) is 0 Å². The predicted molar refractivity (Wildman–Crippen MR) is 102 cm³/mol. The van der Waals surface area contributed by atoms with E-state index in [1.54, 1.807) is 0 Å². The Morgan fingerprint density at radius 1 is 1.20 bits per heavy atom. The zero-order chi connectivity index (χ0) is 17.8. The maximum absolute atomic E-state index is 12.3. The number of benzene rings is 1. The lowest BCUT2D eigenvalue weighted by atomic mass is 10.0. The molecule has 0 saturated heterocycles. The fourth-order valence-electron chi connectivity index (χ4n) is 3.50. The van der Waals surface area contributed by atoms with Crippen molar-refractivity contribution in [2.24, 2.45) is 0 Å². The number of rotatable bonds is 6. The third kappa shape index (κ3) is 4.31. The first-order valence-corrected chi connectivity index (χ1v) is 9.29. The fourth-order valence-corrected chi connectivity index (χ4v) is 3.50. The van der Waals surface area contributed by atoms with Crippen molar-refractivity contribution in [2.45, 2.75) is 45.7 Å². The zero-order valence-electron chi connectivity index (χ0n) is 15.5. The summed E-state index contributed by atoms with van der Waals surface area (Å²) in [4.78, 5) is 14.5. The summed E-state index contributed by atoms with van der Waals surface area (Å²) in [7, 11) is 0. The first-order valence-electron chi connectivity index (χ1n) is 9.29. The van der Waals surface area contributed by atoms with Crippen LogP contribution in [-0.2, 0) is 17.8 Å². The fraction of sp³-hybridized carbons (Fsp3) is 0.476. The van der Waals surface area contributed by atoms with Gasteiger partial charge in [-0.25, -0.2) is 0 Å². The Kier molecular flexibility index (Phi) is 5.59. The minimum atomic E-state index is 0.116. The molecule has 1 amide bonds. The number of aromatic nitrogens is 1. The molecule has 1 N–H and O–H groups in total. The molecule has 0 spiro atoms. The molecule has 1 aliphatic heterocycles. The minimum absolute atomic E-state index is 0.116. The molecule has 0 bridgehead atoms. The Bertz CT molecular complexity index is 702. The molecule has 3 rings (SSSR count). The van der Waals surface area contributed by atoms with Gasteiger partial charge < -0.3 is 9.88 Å². The molecule has 134 valence electrons. The second-order valence-electron chi connectivity index (χ2n) is 7.27. The average Bonchev–Trinajstić information content (AvgIpc) is 3.07. The van der Waals surface area contributed by atoms with Crippen molar-refractivity contribution in [2.75, 3.05) is 19.6 Å².